The molecule has 0 aliphatic carbocycles. The van der Waals surface area contributed by atoms with Gasteiger partial charge in [-0.3, -0.25) is 9.78 Å². The molecule has 0 radical (unpaired) electrons. The van der Waals surface area contributed by atoms with Gasteiger partial charge in [0.2, 0.25) is 5.91 Å². The van der Waals surface area contributed by atoms with Gasteiger partial charge >= 0.3 is 5.97 Å². The molecule has 25 heavy (non-hydrogen) atoms. The number of carbonyl (C=O) groups is 2. The number of pyridine rings is 1. The van der Waals surface area contributed by atoms with Crippen molar-refractivity contribution in [2.24, 2.45) is 0 Å². The first-order chi connectivity index (χ1) is 12.2. The highest BCUT2D eigenvalue weighted by Crippen LogP contribution is 2.20. The minimum absolute atomic E-state index is 0.178. The van der Waals surface area contributed by atoms with E-state index in [1.807, 2.05) is 42.5 Å². The Labute approximate surface area is 146 Å². The molecule has 0 N–H and O–H groups in total. The van der Waals surface area contributed by atoms with Crippen LogP contribution in [0.3, 0.4) is 0 Å². The molecule has 2 aromatic rings. The topological polar surface area (TPSA) is 59.5 Å². The second-order valence-corrected chi connectivity index (χ2v) is 5.90. The van der Waals surface area contributed by atoms with Gasteiger partial charge in [-0.25, -0.2) is 4.79 Å². The molecular formula is C20H20N2O3. The maximum atomic E-state index is 12.4. The van der Waals surface area contributed by atoms with Crippen LogP contribution in [0.1, 0.15) is 24.0 Å². The maximum absolute atomic E-state index is 12.4. The number of carbonyl (C=O) groups excluding carboxylic acids is 2. The van der Waals surface area contributed by atoms with Gasteiger partial charge in [-0.2, -0.15) is 0 Å². The smallest absolute Gasteiger partial charge is 0.329 e. The molecule has 1 aliphatic heterocycles. The van der Waals surface area contributed by atoms with Crippen LogP contribution in [0.25, 0.3) is 6.08 Å². The number of esters is 1. The van der Waals surface area contributed by atoms with Crippen molar-refractivity contribution in [2.45, 2.75) is 25.5 Å². The number of hydrogen-bond donors (Lipinski definition) is 0. The summed E-state index contributed by atoms with van der Waals surface area (Å²) in [6.07, 6.45) is 8.00. The Balaban J connectivity index is 1.58. The SMILES string of the molecule is O=C(OCc1ccccc1)[C@H]1CCCN1C(=O)/C=C\c1cccnc1. The maximum Gasteiger partial charge on any atom is 0.329 e. The number of rotatable bonds is 5. The lowest BCUT2D eigenvalue weighted by Crippen LogP contribution is -2.40. The lowest BCUT2D eigenvalue weighted by atomic mass is 10.2. The third kappa shape index (κ3) is 4.53. The Hall–Kier alpha value is -2.95. The average Bonchev–Trinajstić information content (AvgIpc) is 3.16. The minimum Gasteiger partial charge on any atom is -0.459 e. The van der Waals surface area contributed by atoms with Crippen molar-refractivity contribution >= 4 is 18.0 Å². The lowest BCUT2D eigenvalue weighted by Gasteiger charge is -2.22. The molecule has 3 rings (SSSR count). The van der Waals surface area contributed by atoms with Gasteiger partial charge in [0, 0.05) is 25.0 Å². The number of nitrogens with zero attached hydrogens (tertiary/aromatic N) is 2. The van der Waals surface area contributed by atoms with Crippen molar-refractivity contribution in [1.82, 2.24) is 9.88 Å². The third-order valence-electron chi connectivity index (χ3n) is 4.13. The Bertz CT molecular complexity index is 744. The number of ether oxygens (including phenoxy) is 1. The fraction of sp³-hybridized carbons (Fsp3) is 0.250. The van der Waals surface area contributed by atoms with Crippen LogP contribution in [-0.4, -0.2) is 34.3 Å². The normalized spacial score (nSPS) is 17.0. The van der Waals surface area contributed by atoms with Gasteiger partial charge in [0.25, 0.3) is 0 Å². The third-order valence-corrected chi connectivity index (χ3v) is 4.13. The highest BCUT2D eigenvalue weighted by atomic mass is 16.5. The predicted octanol–water partition coefficient (Wildman–Crippen LogP) is 2.83. The van der Waals surface area contributed by atoms with Gasteiger partial charge in [0.05, 0.1) is 0 Å². The van der Waals surface area contributed by atoms with Crippen molar-refractivity contribution in [1.29, 1.82) is 0 Å². The van der Waals surface area contributed by atoms with Crippen LogP contribution in [0.4, 0.5) is 0 Å². The van der Waals surface area contributed by atoms with Gasteiger partial charge in [-0.15, -0.1) is 0 Å². The number of benzene rings is 1. The molecule has 1 atom stereocenters. The standard InChI is InChI=1S/C20H20N2O3/c23-19(11-10-16-8-4-12-21-14-16)22-13-5-9-18(22)20(24)25-15-17-6-2-1-3-7-17/h1-4,6-8,10-12,14,18H,5,9,13,15H2/b11-10-/t18-/m1/s1. The molecule has 0 unspecified atom stereocenters. The molecule has 0 saturated carbocycles. The van der Waals surface area contributed by atoms with Crippen molar-refractivity contribution in [3.8, 4) is 0 Å². The fourth-order valence-corrected chi connectivity index (χ4v) is 2.84. The van der Waals surface area contributed by atoms with Crippen LogP contribution in [0, 0.1) is 0 Å². The highest BCUT2D eigenvalue weighted by molar-refractivity contribution is 5.95. The Morgan fingerprint density at radius 2 is 2.04 bits per heavy atom. The summed E-state index contributed by atoms with van der Waals surface area (Å²) in [5.74, 6) is -0.521. The van der Waals surface area contributed by atoms with E-state index in [2.05, 4.69) is 4.98 Å². The second kappa shape index (κ2) is 8.24. The van der Waals surface area contributed by atoms with Crippen LogP contribution < -0.4 is 0 Å². The van der Waals surface area contributed by atoms with E-state index in [9.17, 15) is 9.59 Å². The first-order valence-corrected chi connectivity index (χ1v) is 8.33. The molecule has 1 amide bonds. The summed E-state index contributed by atoms with van der Waals surface area (Å²) in [6.45, 7) is 0.797. The van der Waals surface area contributed by atoms with Crippen LogP contribution in [-0.2, 0) is 20.9 Å². The first-order valence-electron chi connectivity index (χ1n) is 8.33. The zero-order valence-electron chi connectivity index (χ0n) is 13.9. The van der Waals surface area contributed by atoms with E-state index in [-0.39, 0.29) is 18.5 Å². The molecule has 1 fully saturated rings. The molecule has 5 nitrogen and oxygen atoms in total. The number of hydrogen-bond acceptors (Lipinski definition) is 4. The van der Waals surface area contributed by atoms with E-state index in [4.69, 9.17) is 4.74 Å². The van der Waals surface area contributed by atoms with Crippen LogP contribution >= 0.6 is 0 Å². The molecule has 1 aliphatic rings. The fourth-order valence-electron chi connectivity index (χ4n) is 2.84. The van der Waals surface area contributed by atoms with E-state index in [0.717, 1.165) is 17.5 Å². The molecular weight excluding hydrogens is 316 g/mol. The quantitative estimate of drug-likeness (QED) is 0.622. The molecule has 128 valence electrons. The summed E-state index contributed by atoms with van der Waals surface area (Å²) >= 11 is 0. The predicted molar refractivity (Wildman–Crippen MR) is 94.2 cm³/mol. The summed E-state index contributed by atoms with van der Waals surface area (Å²) in [5, 5.41) is 0. The molecule has 1 saturated heterocycles. The molecule has 1 aromatic carbocycles. The van der Waals surface area contributed by atoms with Crippen molar-refractivity contribution in [3.05, 3.63) is 72.1 Å². The molecule has 0 spiro atoms. The van der Waals surface area contributed by atoms with Crippen molar-refractivity contribution < 1.29 is 14.3 Å². The van der Waals surface area contributed by atoms with Crippen molar-refractivity contribution in [3.63, 3.8) is 0 Å². The highest BCUT2D eigenvalue weighted by Gasteiger charge is 2.34. The zero-order valence-corrected chi connectivity index (χ0v) is 13.9. The largest absolute Gasteiger partial charge is 0.459 e. The lowest BCUT2D eigenvalue weighted by molar-refractivity contribution is -0.153. The van der Waals surface area contributed by atoms with Gasteiger partial charge < -0.3 is 9.64 Å². The van der Waals surface area contributed by atoms with Crippen LogP contribution in [0.5, 0.6) is 0 Å². The summed E-state index contributed by atoms with van der Waals surface area (Å²) in [5.41, 5.74) is 1.78. The average molecular weight is 336 g/mol. The summed E-state index contributed by atoms with van der Waals surface area (Å²) in [7, 11) is 0. The number of amides is 1. The van der Waals surface area contributed by atoms with Gasteiger partial charge in [-0.1, -0.05) is 36.4 Å². The first kappa shape index (κ1) is 16.9. The van der Waals surface area contributed by atoms with Gasteiger partial charge in [0.15, 0.2) is 0 Å². The van der Waals surface area contributed by atoms with Gasteiger partial charge in [-0.05, 0) is 36.1 Å². The zero-order chi connectivity index (χ0) is 17.5. The minimum atomic E-state index is -0.505. The van der Waals surface area contributed by atoms with Crippen LogP contribution in [0.2, 0.25) is 0 Å². The molecule has 5 heteroatoms. The van der Waals surface area contributed by atoms with E-state index in [0.29, 0.717) is 13.0 Å². The van der Waals surface area contributed by atoms with Crippen LogP contribution in [0.15, 0.2) is 60.9 Å². The summed E-state index contributed by atoms with van der Waals surface area (Å²) in [6, 6.07) is 12.7. The van der Waals surface area contributed by atoms with E-state index < -0.39 is 6.04 Å². The molecule has 2 heterocycles. The second-order valence-electron chi connectivity index (χ2n) is 5.90. The van der Waals surface area contributed by atoms with E-state index in [1.165, 1.54) is 6.08 Å². The Kier molecular flexibility index (Phi) is 5.57. The van der Waals surface area contributed by atoms with Gasteiger partial charge in [0.1, 0.15) is 12.6 Å². The molecule has 1 aromatic heterocycles. The summed E-state index contributed by atoms with van der Waals surface area (Å²) in [4.78, 5) is 30.4. The van der Waals surface area contributed by atoms with Crippen molar-refractivity contribution in [2.75, 3.05) is 6.54 Å². The number of likely N-dealkylation sites (tertiary alicyclic amines) is 1. The summed E-state index contributed by atoms with van der Waals surface area (Å²) < 4.78 is 5.39. The number of aromatic nitrogens is 1. The van der Waals surface area contributed by atoms with E-state index in [1.54, 1.807) is 23.4 Å². The van der Waals surface area contributed by atoms with E-state index >= 15 is 0 Å². The Morgan fingerprint density at radius 1 is 1.20 bits per heavy atom. The Morgan fingerprint density at radius 3 is 2.80 bits per heavy atom. The monoisotopic (exact) mass is 336 g/mol. The molecule has 0 bridgehead atoms.